The van der Waals surface area contributed by atoms with Crippen molar-refractivity contribution in [2.45, 2.75) is 24.9 Å². The van der Waals surface area contributed by atoms with Gasteiger partial charge in [0.2, 0.25) is 0 Å². The standard InChI is InChI=1S/C18H36N2O8SSi2/c21-29(22,15-1-17-30-23-9-3-19(4-10-24-30)5-11-25-30)16-2-18-31-26-12-6-20(7-13-27-31)8-14-28-31/h1-18H2. The smallest absolute Gasteiger partial charge is 0.372 e. The van der Waals surface area contributed by atoms with Gasteiger partial charge in [-0.05, 0) is 12.8 Å². The van der Waals surface area contributed by atoms with E-state index in [0.29, 0.717) is 64.6 Å². The lowest BCUT2D eigenvalue weighted by Gasteiger charge is -2.38. The third-order valence-corrected chi connectivity index (χ3v) is 13.9. The maximum atomic E-state index is 12.7. The highest BCUT2D eigenvalue weighted by Crippen LogP contribution is 2.24. The molecule has 6 rings (SSSR count). The van der Waals surface area contributed by atoms with E-state index in [1.54, 1.807) is 0 Å². The Hall–Kier alpha value is 0.0638. The molecule has 0 aromatic rings. The van der Waals surface area contributed by atoms with Gasteiger partial charge in [-0.15, -0.1) is 0 Å². The molecule has 6 aliphatic heterocycles. The van der Waals surface area contributed by atoms with Crippen LogP contribution in [0.3, 0.4) is 0 Å². The van der Waals surface area contributed by atoms with Crippen molar-refractivity contribution in [3.8, 4) is 0 Å². The Kier molecular flexibility index (Phi) is 8.58. The van der Waals surface area contributed by atoms with E-state index in [1.165, 1.54) is 0 Å². The zero-order chi connectivity index (χ0) is 21.6. The molecule has 31 heavy (non-hydrogen) atoms. The molecular formula is C18H36N2O8SSi2. The summed E-state index contributed by atoms with van der Waals surface area (Å²) < 4.78 is 61.3. The summed E-state index contributed by atoms with van der Waals surface area (Å²) in [6.07, 6.45) is 1.00. The number of sulfone groups is 1. The van der Waals surface area contributed by atoms with Crippen LogP contribution in [0.1, 0.15) is 12.8 Å². The molecule has 0 amide bonds. The fourth-order valence-corrected chi connectivity index (χ4v) is 11.3. The SMILES string of the molecule is O=S(=O)(CCC[Si]12OCCN(CCO1)CCO2)CCC[Si]12OCCN(CCO1)CCO2. The fraction of sp³-hybridized carbons (Fsp3) is 1.00. The Balaban J connectivity index is 1.22. The number of rotatable bonds is 8. The quantitative estimate of drug-likeness (QED) is 0.421. The van der Waals surface area contributed by atoms with E-state index >= 15 is 0 Å². The Labute approximate surface area is 187 Å². The van der Waals surface area contributed by atoms with Crippen molar-refractivity contribution in [3.05, 3.63) is 0 Å². The van der Waals surface area contributed by atoms with Crippen LogP contribution < -0.4 is 0 Å². The molecule has 0 aliphatic carbocycles. The maximum absolute atomic E-state index is 12.7. The van der Waals surface area contributed by atoms with Crippen molar-refractivity contribution < 1.29 is 35.0 Å². The first-order chi connectivity index (χ1) is 15.0. The molecule has 0 unspecified atom stereocenters. The molecule has 0 radical (unpaired) electrons. The first kappa shape index (κ1) is 24.2. The van der Waals surface area contributed by atoms with Gasteiger partial charge >= 0.3 is 17.6 Å². The molecule has 0 saturated carbocycles. The van der Waals surface area contributed by atoms with Gasteiger partial charge in [0, 0.05) is 51.4 Å². The Morgan fingerprint density at radius 3 is 1.13 bits per heavy atom. The highest BCUT2D eigenvalue weighted by Gasteiger charge is 2.45. The minimum atomic E-state index is -3.18. The molecule has 13 heteroatoms. The van der Waals surface area contributed by atoms with Crippen LogP contribution >= 0.6 is 0 Å². The van der Waals surface area contributed by atoms with E-state index in [2.05, 4.69) is 9.80 Å². The third-order valence-electron chi connectivity index (χ3n) is 6.25. The number of hydrogen-bond acceptors (Lipinski definition) is 10. The van der Waals surface area contributed by atoms with Crippen molar-refractivity contribution in [2.75, 3.05) is 90.4 Å². The van der Waals surface area contributed by atoms with Gasteiger partial charge < -0.3 is 26.6 Å². The summed E-state index contributed by atoms with van der Waals surface area (Å²) in [6.45, 7) is 8.83. The van der Waals surface area contributed by atoms with E-state index < -0.39 is 27.4 Å². The molecule has 180 valence electrons. The predicted octanol–water partition coefficient (Wildman–Crippen LogP) is -0.183. The summed E-state index contributed by atoms with van der Waals surface area (Å²) in [7, 11) is -8.71. The molecular weight excluding hydrogens is 460 g/mol. The minimum absolute atomic E-state index is 0.121. The molecule has 0 N–H and O–H groups in total. The average molecular weight is 497 g/mol. The molecule has 0 aromatic heterocycles. The Morgan fingerprint density at radius 2 is 0.839 bits per heavy atom. The fourth-order valence-electron chi connectivity index (χ4n) is 4.45. The first-order valence-corrected chi connectivity index (χ1v) is 17.2. The summed E-state index contributed by atoms with van der Waals surface area (Å²) in [5.74, 6) is 0.242. The molecule has 6 saturated heterocycles. The zero-order valence-corrected chi connectivity index (χ0v) is 21.1. The summed E-state index contributed by atoms with van der Waals surface area (Å²) in [5, 5.41) is 0. The van der Waals surface area contributed by atoms with E-state index in [-0.39, 0.29) is 11.5 Å². The van der Waals surface area contributed by atoms with Gasteiger partial charge in [0.15, 0.2) is 0 Å². The second-order valence-electron chi connectivity index (χ2n) is 8.50. The van der Waals surface area contributed by atoms with Gasteiger partial charge in [0.05, 0.1) is 51.1 Å². The van der Waals surface area contributed by atoms with Crippen LogP contribution in [-0.4, -0.2) is 126 Å². The monoisotopic (exact) mass is 496 g/mol. The summed E-state index contributed by atoms with van der Waals surface area (Å²) in [6, 6.07) is 1.10. The number of hydrogen-bond donors (Lipinski definition) is 0. The van der Waals surface area contributed by atoms with Crippen LogP contribution in [0.4, 0.5) is 0 Å². The van der Waals surface area contributed by atoms with E-state index in [4.69, 9.17) is 26.6 Å². The van der Waals surface area contributed by atoms with Crippen molar-refractivity contribution in [1.29, 1.82) is 0 Å². The van der Waals surface area contributed by atoms with Gasteiger partial charge in [-0.25, -0.2) is 8.42 Å². The van der Waals surface area contributed by atoms with Crippen LogP contribution in [0.25, 0.3) is 0 Å². The van der Waals surface area contributed by atoms with E-state index in [9.17, 15) is 8.42 Å². The van der Waals surface area contributed by atoms with Crippen molar-refractivity contribution in [3.63, 3.8) is 0 Å². The first-order valence-electron chi connectivity index (χ1n) is 11.5. The lowest BCUT2D eigenvalue weighted by molar-refractivity contribution is -0.00873. The molecule has 0 aromatic carbocycles. The van der Waals surface area contributed by atoms with Crippen LogP contribution in [0.5, 0.6) is 0 Å². The summed E-state index contributed by atoms with van der Waals surface area (Å²) in [5.41, 5.74) is 0. The second kappa shape index (κ2) is 11.0. The lowest BCUT2D eigenvalue weighted by Crippen LogP contribution is -2.55. The van der Waals surface area contributed by atoms with Crippen LogP contribution in [0, 0.1) is 0 Å². The van der Waals surface area contributed by atoms with E-state index in [0.717, 1.165) is 39.3 Å². The Bertz CT molecular complexity index is 582. The molecule has 6 fully saturated rings. The van der Waals surface area contributed by atoms with Crippen LogP contribution in [-0.2, 0) is 36.4 Å². The topological polar surface area (TPSA) is 96.0 Å². The highest BCUT2D eigenvalue weighted by atomic mass is 32.2. The second-order valence-corrected chi connectivity index (χ2v) is 16.3. The van der Waals surface area contributed by atoms with Crippen LogP contribution in [0.2, 0.25) is 12.1 Å². The van der Waals surface area contributed by atoms with Crippen molar-refractivity contribution >= 4 is 27.4 Å². The van der Waals surface area contributed by atoms with Gasteiger partial charge in [-0.2, -0.15) is 0 Å². The lowest BCUT2D eigenvalue weighted by atomic mass is 10.4. The van der Waals surface area contributed by atoms with Crippen molar-refractivity contribution in [1.82, 2.24) is 9.80 Å². The third kappa shape index (κ3) is 7.02. The molecule has 6 heterocycles. The predicted molar refractivity (Wildman–Crippen MR) is 118 cm³/mol. The normalized spacial score (nSPS) is 37.3. The van der Waals surface area contributed by atoms with Gasteiger partial charge in [0.25, 0.3) is 0 Å². The van der Waals surface area contributed by atoms with Crippen LogP contribution in [0.15, 0.2) is 0 Å². The highest BCUT2D eigenvalue weighted by molar-refractivity contribution is 7.91. The molecule has 6 aliphatic rings. The number of fused-ring (bicyclic) bond motifs is 12. The molecule has 0 atom stereocenters. The number of nitrogens with zero attached hydrogens (tertiary/aromatic N) is 2. The minimum Gasteiger partial charge on any atom is -0.372 e. The zero-order valence-electron chi connectivity index (χ0n) is 18.3. The molecule has 10 nitrogen and oxygen atoms in total. The van der Waals surface area contributed by atoms with Gasteiger partial charge in [0.1, 0.15) is 9.84 Å². The maximum Gasteiger partial charge on any atom is 0.501 e. The van der Waals surface area contributed by atoms with Gasteiger partial charge in [-0.3, -0.25) is 9.80 Å². The van der Waals surface area contributed by atoms with Crippen molar-refractivity contribution in [2.24, 2.45) is 0 Å². The summed E-state index contributed by atoms with van der Waals surface area (Å²) >= 11 is 0. The molecule has 0 spiro atoms. The molecule has 4 bridgehead atoms. The van der Waals surface area contributed by atoms with E-state index in [1.807, 2.05) is 0 Å². The average Bonchev–Trinajstić information content (AvgIpc) is 2.62. The van der Waals surface area contributed by atoms with Gasteiger partial charge in [-0.1, -0.05) is 0 Å². The summed E-state index contributed by atoms with van der Waals surface area (Å²) in [4.78, 5) is 4.54. The largest absolute Gasteiger partial charge is 0.501 e. The Morgan fingerprint density at radius 1 is 0.548 bits per heavy atom.